The van der Waals surface area contributed by atoms with Gasteiger partial charge in [-0.15, -0.1) is 0 Å². The van der Waals surface area contributed by atoms with E-state index in [9.17, 15) is 19.2 Å². The molecule has 1 aromatic rings. The second kappa shape index (κ2) is 17.6. The van der Waals surface area contributed by atoms with E-state index in [0.29, 0.717) is 58.9 Å². The molecule has 15 nitrogen and oxygen atoms in total. The number of hydroxylamine groups is 2. The van der Waals surface area contributed by atoms with Crippen LogP contribution in [0.3, 0.4) is 0 Å². The van der Waals surface area contributed by atoms with Gasteiger partial charge in [0.2, 0.25) is 5.91 Å². The summed E-state index contributed by atoms with van der Waals surface area (Å²) in [6.45, 7) is 12.9. The van der Waals surface area contributed by atoms with Crippen LogP contribution in [0, 0.1) is 82.9 Å². The first-order valence-corrected chi connectivity index (χ1v) is 21.9. The maximum absolute atomic E-state index is 11.7. The third-order valence-corrected chi connectivity index (χ3v) is 15.3. The Hall–Kier alpha value is -3.21. The number of aliphatic carboxylic acids is 1. The predicted molar refractivity (Wildman–Crippen MR) is 224 cm³/mol. The highest BCUT2D eigenvalue weighted by Gasteiger charge is 2.61. The number of rotatable bonds is 8. The van der Waals surface area contributed by atoms with Crippen LogP contribution in [0.2, 0.25) is 0 Å². The molecule has 5 saturated carbocycles. The Bertz CT molecular complexity index is 1610. The summed E-state index contributed by atoms with van der Waals surface area (Å²) in [7, 11) is 17.7. The van der Waals surface area contributed by atoms with Gasteiger partial charge in [0.1, 0.15) is 5.78 Å². The molecule has 6 heterocycles. The lowest BCUT2D eigenvalue weighted by Crippen LogP contribution is -2.31. The van der Waals surface area contributed by atoms with Crippen molar-refractivity contribution >= 4 is 23.4 Å². The van der Waals surface area contributed by atoms with Gasteiger partial charge in [0.25, 0.3) is 0 Å². The number of allylic oxidation sites excluding steroid dienone is 1. The van der Waals surface area contributed by atoms with Gasteiger partial charge in [-0.25, -0.2) is 5.06 Å². The lowest BCUT2D eigenvalue weighted by molar-refractivity contribution is -0.171. The number of fused-ring (bicyclic) bond motifs is 5. The summed E-state index contributed by atoms with van der Waals surface area (Å²) in [6, 6.07) is 2.11. The van der Waals surface area contributed by atoms with Crippen molar-refractivity contribution in [2.75, 3.05) is 129 Å². The number of carbonyl (C=O) groups excluding carboxylic acids is 3. The fourth-order valence-electron chi connectivity index (χ4n) is 12.0. The molecule has 0 aromatic carbocycles. The minimum absolute atomic E-state index is 0.00352. The molecule has 11 rings (SSSR count). The van der Waals surface area contributed by atoms with Gasteiger partial charge in [0.15, 0.2) is 5.78 Å². The lowest BCUT2D eigenvalue weighted by atomic mass is 10.2. The van der Waals surface area contributed by atoms with E-state index in [1.807, 2.05) is 38.4 Å². The Labute approximate surface area is 351 Å². The molecule has 0 radical (unpaired) electrons. The molecule has 1 amide bonds. The first-order valence-electron chi connectivity index (χ1n) is 21.9. The number of likely N-dealkylation sites (tertiary alicyclic amines) is 5. The van der Waals surface area contributed by atoms with Gasteiger partial charge in [0.05, 0.1) is 13.0 Å². The monoisotopic (exact) mass is 822 g/mol. The number of nitrogens with zero attached hydrogens (tertiary/aromatic N) is 8. The first kappa shape index (κ1) is 43.9. The van der Waals surface area contributed by atoms with Crippen LogP contribution in [0.4, 0.5) is 0 Å². The Kier molecular flexibility index (Phi) is 13.1. The molecule has 15 heteroatoms. The number of H-pyrrole nitrogens is 1. The molecule has 5 unspecified atom stereocenters. The van der Waals surface area contributed by atoms with Crippen LogP contribution in [0.15, 0.2) is 24.5 Å². The molecule has 5 saturated heterocycles. The van der Waals surface area contributed by atoms with Crippen molar-refractivity contribution in [2.45, 2.75) is 12.8 Å². The number of aromatic amines is 1. The van der Waals surface area contributed by atoms with Gasteiger partial charge in [-0.2, -0.15) is 5.10 Å². The molecule has 0 bridgehead atoms. The zero-order valence-corrected chi connectivity index (χ0v) is 37.1. The van der Waals surface area contributed by atoms with E-state index in [0.717, 1.165) is 81.9 Å². The fraction of sp³-hybridized carbons (Fsp3) is 0.795. The number of aromatic nitrogens is 2. The van der Waals surface area contributed by atoms with E-state index in [2.05, 4.69) is 69.0 Å². The Morgan fingerprint density at radius 2 is 1.05 bits per heavy atom. The highest BCUT2D eigenvalue weighted by atomic mass is 16.7. The number of nitrogens with one attached hydrogen (secondary N) is 1. The van der Waals surface area contributed by atoms with Gasteiger partial charge >= 0.3 is 5.97 Å². The van der Waals surface area contributed by atoms with E-state index in [1.54, 1.807) is 20.0 Å². The van der Waals surface area contributed by atoms with Crippen molar-refractivity contribution in [3.63, 3.8) is 0 Å². The van der Waals surface area contributed by atoms with E-state index >= 15 is 0 Å². The van der Waals surface area contributed by atoms with Crippen molar-refractivity contribution < 1.29 is 29.1 Å². The predicted octanol–water partition coefficient (Wildman–Crippen LogP) is 1.20. The van der Waals surface area contributed by atoms with E-state index < -0.39 is 5.97 Å². The van der Waals surface area contributed by atoms with Crippen LogP contribution < -0.4 is 0 Å². The largest absolute Gasteiger partial charge is 0.481 e. The van der Waals surface area contributed by atoms with Crippen molar-refractivity contribution in [2.24, 2.45) is 82.9 Å². The topological polar surface area (TPSA) is 149 Å². The summed E-state index contributed by atoms with van der Waals surface area (Å²) in [4.78, 5) is 63.0. The van der Waals surface area contributed by atoms with Crippen LogP contribution in [-0.4, -0.2) is 202 Å². The van der Waals surface area contributed by atoms with Crippen LogP contribution in [-0.2, 0) is 24.0 Å². The van der Waals surface area contributed by atoms with Gasteiger partial charge < -0.3 is 34.5 Å². The summed E-state index contributed by atoms with van der Waals surface area (Å²) >= 11 is 0. The average Bonchev–Trinajstić information content (AvgIpc) is 4.11. The SMILES string of the molecule is CC(=O)C1[C@H]2CN(C)C[C@@H]12.CN(C)/C=C/C(=O)C1[C@H]2CN(C)C[C@@H]12.CN1C[C@@H]2C(C(=O)O)[C@@H]2C1.CN1C[C@@H]2C(c3ccn[nH]3)[C@@H]2C1.CON(C)C(=O)C1[C@H]2CN(C)C[C@@H]12. The maximum atomic E-state index is 11.7. The molecular weight excluding hydrogens is 751 g/mol. The minimum atomic E-state index is -0.594. The van der Waals surface area contributed by atoms with Crippen LogP contribution in [0.1, 0.15) is 18.5 Å². The van der Waals surface area contributed by atoms with Gasteiger partial charge in [-0.05, 0) is 113 Å². The molecule has 5 aliphatic heterocycles. The minimum Gasteiger partial charge on any atom is -0.481 e. The van der Waals surface area contributed by atoms with Crippen molar-refractivity contribution in [1.82, 2.24) is 44.7 Å². The molecule has 59 heavy (non-hydrogen) atoms. The quantitative estimate of drug-likeness (QED) is 0.286. The maximum Gasteiger partial charge on any atom is 0.307 e. The first-order chi connectivity index (χ1) is 28.0. The zero-order valence-electron chi connectivity index (χ0n) is 37.1. The summed E-state index contributed by atoms with van der Waals surface area (Å²) in [5.74, 6) is 8.79. The summed E-state index contributed by atoms with van der Waals surface area (Å²) in [6.07, 6.45) is 5.43. The van der Waals surface area contributed by atoms with Gasteiger partial charge in [0, 0.05) is 128 Å². The standard InChI is InChI=1S/C11H18N2O.C9H13N3.C9H16N2O2.C8H13NO.C7H11NO2/c1-12(2)5-4-10(14)11-8-6-13(3)7-9(8)11;1-12-4-6-7(5-12)9(6)8-2-3-10-11-8;1-10-4-6-7(5-10)8(6)9(12)11(2)13-3;1-5(10)8-6-3-9(2)4-7(6)8;1-8-2-4-5(3-8)6(4)7(9)10/h4-5,8-9,11H,6-7H2,1-3H3;2-3,6-7,9H,4-5H2,1H3,(H,10,11);6-8H,4-5H2,1-3H3;6-8H,3-4H2,1-2H3;4-6H,2-3H2,1H3,(H,9,10)/b5-4+;;;;/t8-,9+,11?;6-,7+,9?;2*6-,7+,8?;4-,5+,6?. The molecule has 1 aromatic heterocycles. The lowest BCUT2D eigenvalue weighted by Gasteiger charge is -2.17. The fourth-order valence-corrected chi connectivity index (χ4v) is 12.0. The normalized spacial score (nSPS) is 40.2. The molecule has 15 atom stereocenters. The second-order valence-corrected chi connectivity index (χ2v) is 20.0. The highest BCUT2D eigenvalue weighted by molar-refractivity contribution is 5.94. The molecule has 0 spiro atoms. The van der Waals surface area contributed by atoms with Crippen molar-refractivity contribution in [1.29, 1.82) is 0 Å². The van der Waals surface area contributed by atoms with Gasteiger partial charge in [-0.1, -0.05) is 0 Å². The van der Waals surface area contributed by atoms with E-state index in [-0.39, 0.29) is 17.7 Å². The third-order valence-electron chi connectivity index (χ3n) is 15.3. The summed E-state index contributed by atoms with van der Waals surface area (Å²) < 4.78 is 0. The van der Waals surface area contributed by atoms with Crippen LogP contribution >= 0.6 is 0 Å². The molecule has 5 aliphatic carbocycles. The molecule has 10 fully saturated rings. The molecule has 10 aliphatic rings. The second-order valence-electron chi connectivity index (χ2n) is 20.0. The van der Waals surface area contributed by atoms with Crippen molar-refractivity contribution in [3.05, 3.63) is 30.2 Å². The Morgan fingerprint density at radius 1 is 0.661 bits per heavy atom. The van der Waals surface area contributed by atoms with E-state index in [1.165, 1.54) is 31.0 Å². The summed E-state index contributed by atoms with van der Waals surface area (Å²) in [5.41, 5.74) is 1.35. The Morgan fingerprint density at radius 3 is 1.41 bits per heavy atom. The Balaban J connectivity index is 0.000000112. The van der Waals surface area contributed by atoms with Crippen molar-refractivity contribution in [3.8, 4) is 0 Å². The summed E-state index contributed by atoms with van der Waals surface area (Å²) in [5, 5.41) is 17.0. The number of ketones is 2. The van der Waals surface area contributed by atoms with Crippen LogP contribution in [0.5, 0.6) is 0 Å². The average molecular weight is 822 g/mol. The number of Topliss-reactive ketones (excluding diaryl/α,β-unsaturated/α-hetero) is 1. The molecular formula is C44H71N9O6. The van der Waals surface area contributed by atoms with E-state index in [4.69, 9.17) is 9.94 Å². The number of carboxylic acid groups (broad SMARTS) is 1. The highest BCUT2D eigenvalue weighted by Crippen LogP contribution is 2.57. The number of amides is 1. The molecule has 2 N–H and O–H groups in total. The number of piperidine rings is 5. The molecule has 328 valence electrons. The zero-order chi connectivity index (χ0) is 42.6. The smallest absolute Gasteiger partial charge is 0.307 e. The number of hydrogen-bond acceptors (Lipinski definition) is 12. The third kappa shape index (κ3) is 9.80. The number of carboxylic acids is 1. The number of hydrogen-bond donors (Lipinski definition) is 2. The number of carbonyl (C=O) groups is 4. The van der Waals surface area contributed by atoms with Crippen LogP contribution in [0.25, 0.3) is 0 Å². The van der Waals surface area contributed by atoms with Gasteiger partial charge in [-0.3, -0.25) is 29.1 Å².